The summed E-state index contributed by atoms with van der Waals surface area (Å²) in [5.41, 5.74) is 10.4. The Bertz CT molecular complexity index is 2510. The topological polar surface area (TPSA) is 165 Å². The minimum absolute atomic E-state index is 0.127. The second kappa shape index (κ2) is 19.5. The summed E-state index contributed by atoms with van der Waals surface area (Å²) in [6, 6.07) is 15.7. The van der Waals surface area contributed by atoms with Gasteiger partial charge in [-0.25, -0.2) is 5.43 Å². The zero-order chi connectivity index (χ0) is 46.9. The van der Waals surface area contributed by atoms with Gasteiger partial charge in [0.2, 0.25) is 17.7 Å². The zero-order valence-corrected chi connectivity index (χ0v) is 39.0. The molecule has 66 heavy (non-hydrogen) atoms. The minimum atomic E-state index is -1.08. The van der Waals surface area contributed by atoms with Gasteiger partial charge in [-0.2, -0.15) is 0 Å². The van der Waals surface area contributed by atoms with Gasteiger partial charge in [-0.3, -0.25) is 34.0 Å². The highest BCUT2D eigenvalue weighted by atomic mass is 16.5. The molecule has 6 bridgehead atoms. The van der Waals surface area contributed by atoms with Crippen LogP contribution >= 0.6 is 0 Å². The maximum Gasteiger partial charge on any atom is 0.324 e. The third kappa shape index (κ3) is 9.38. The van der Waals surface area contributed by atoms with E-state index in [1.165, 1.54) is 16.0 Å². The molecule has 6 atom stereocenters. The third-order valence-electron chi connectivity index (χ3n) is 13.8. The van der Waals surface area contributed by atoms with E-state index in [0.29, 0.717) is 58.3 Å². The number of aromatic nitrogens is 2. The first-order valence-corrected chi connectivity index (χ1v) is 23.3. The third-order valence-corrected chi connectivity index (χ3v) is 13.8. The SMILES string of the molecule is C=CC(=O)N1CCC(C(=O)N(C)[C@H](C(=O)N[C@H]2Cc3cccc(c3)-c3ccc4c(c3)c(c(-c3cccnc3[C@H](C)OC)n4CC)CC(C)(C)COC(=O)[C@@H]3CCCN(N3)C2=O)[C@@H]2CCO2)C1. The maximum absolute atomic E-state index is 14.7. The first-order chi connectivity index (χ1) is 31.7. The number of ether oxygens (including phenoxy) is 3. The van der Waals surface area contributed by atoms with Crippen LogP contribution in [-0.2, 0) is 57.6 Å². The summed E-state index contributed by atoms with van der Waals surface area (Å²) in [6.45, 7) is 14.1. The molecule has 3 fully saturated rings. The largest absolute Gasteiger partial charge is 0.464 e. The van der Waals surface area contributed by atoms with E-state index >= 15 is 0 Å². The molecule has 0 spiro atoms. The Morgan fingerprint density at radius 3 is 2.59 bits per heavy atom. The molecule has 8 rings (SSSR count). The van der Waals surface area contributed by atoms with Gasteiger partial charge in [-0.1, -0.05) is 50.8 Å². The molecule has 350 valence electrons. The van der Waals surface area contributed by atoms with Gasteiger partial charge in [-0.05, 0) is 98.5 Å². The Labute approximate surface area is 386 Å². The van der Waals surface area contributed by atoms with Gasteiger partial charge in [0.1, 0.15) is 18.1 Å². The molecule has 2 N–H and O–H groups in total. The van der Waals surface area contributed by atoms with Crippen molar-refractivity contribution >= 4 is 40.5 Å². The molecule has 4 aliphatic heterocycles. The average molecular weight is 902 g/mol. The fourth-order valence-electron chi connectivity index (χ4n) is 10.1. The van der Waals surface area contributed by atoms with Crippen molar-refractivity contribution in [2.45, 2.75) is 103 Å². The Kier molecular flexibility index (Phi) is 13.8. The van der Waals surface area contributed by atoms with Gasteiger partial charge < -0.3 is 33.9 Å². The number of amides is 4. The highest BCUT2D eigenvalue weighted by Crippen LogP contribution is 2.42. The van der Waals surface area contributed by atoms with Crippen molar-refractivity contribution in [3.63, 3.8) is 0 Å². The normalized spacial score (nSPS) is 23.0. The van der Waals surface area contributed by atoms with Crippen LogP contribution in [-0.4, -0.2) is 125 Å². The molecule has 4 aliphatic rings. The first kappa shape index (κ1) is 46.6. The Morgan fingerprint density at radius 2 is 1.86 bits per heavy atom. The van der Waals surface area contributed by atoms with Gasteiger partial charge in [0.25, 0.3) is 5.91 Å². The predicted molar refractivity (Wildman–Crippen MR) is 249 cm³/mol. The zero-order valence-electron chi connectivity index (χ0n) is 39.0. The Balaban J connectivity index is 1.18. The lowest BCUT2D eigenvalue weighted by atomic mass is 9.84. The second-order valence-corrected chi connectivity index (χ2v) is 18.9. The van der Waals surface area contributed by atoms with E-state index < -0.39 is 53.3 Å². The Morgan fingerprint density at radius 1 is 1.08 bits per heavy atom. The number of hydrogen-bond acceptors (Lipinski definition) is 10. The summed E-state index contributed by atoms with van der Waals surface area (Å²) in [5.74, 6) is -2.41. The van der Waals surface area contributed by atoms with Crippen molar-refractivity contribution in [2.75, 3.05) is 47.0 Å². The van der Waals surface area contributed by atoms with Crippen molar-refractivity contribution in [1.82, 2.24) is 35.1 Å². The van der Waals surface area contributed by atoms with E-state index in [1.807, 2.05) is 31.2 Å². The number of pyridine rings is 1. The van der Waals surface area contributed by atoms with Crippen molar-refractivity contribution in [1.29, 1.82) is 0 Å². The molecule has 6 heterocycles. The number of fused-ring (bicyclic) bond motifs is 6. The molecule has 2 aromatic heterocycles. The number of esters is 1. The summed E-state index contributed by atoms with van der Waals surface area (Å²) in [4.78, 5) is 77.4. The van der Waals surface area contributed by atoms with E-state index in [0.717, 1.165) is 50.1 Å². The second-order valence-electron chi connectivity index (χ2n) is 18.9. The van der Waals surface area contributed by atoms with E-state index in [2.05, 4.69) is 73.0 Å². The minimum Gasteiger partial charge on any atom is -0.464 e. The number of hydrazine groups is 1. The molecule has 1 unspecified atom stereocenters. The fourth-order valence-corrected chi connectivity index (χ4v) is 10.1. The molecular weight excluding hydrogens is 839 g/mol. The molecule has 0 saturated carbocycles. The Hall–Kier alpha value is -5.90. The van der Waals surface area contributed by atoms with Gasteiger partial charge in [0, 0.05) is 81.4 Å². The van der Waals surface area contributed by atoms with E-state index in [-0.39, 0.29) is 37.5 Å². The number of aryl methyl sites for hydroxylation is 1. The molecule has 0 radical (unpaired) electrons. The molecule has 15 heteroatoms. The number of cyclic esters (lactones) is 1. The number of hydrogen-bond donors (Lipinski definition) is 2. The summed E-state index contributed by atoms with van der Waals surface area (Å²) in [7, 11) is 3.27. The van der Waals surface area contributed by atoms with Crippen molar-refractivity contribution in [2.24, 2.45) is 11.3 Å². The number of carbonyl (C=O) groups is 5. The first-order valence-electron chi connectivity index (χ1n) is 23.3. The van der Waals surface area contributed by atoms with Gasteiger partial charge in [-0.15, -0.1) is 0 Å². The lowest BCUT2D eigenvalue weighted by Gasteiger charge is -2.40. The van der Waals surface area contributed by atoms with Crippen LogP contribution in [0.4, 0.5) is 0 Å². The number of rotatable bonds is 10. The highest BCUT2D eigenvalue weighted by molar-refractivity contribution is 5.96. The van der Waals surface area contributed by atoms with Crippen LogP contribution in [0.2, 0.25) is 0 Å². The van der Waals surface area contributed by atoms with Crippen LogP contribution in [0.5, 0.6) is 0 Å². The quantitative estimate of drug-likeness (QED) is 0.156. The van der Waals surface area contributed by atoms with Crippen LogP contribution in [0.25, 0.3) is 33.3 Å². The van der Waals surface area contributed by atoms with Crippen LogP contribution < -0.4 is 10.7 Å². The van der Waals surface area contributed by atoms with E-state index in [9.17, 15) is 24.0 Å². The van der Waals surface area contributed by atoms with Crippen molar-refractivity contribution < 1.29 is 38.2 Å². The number of nitrogens with one attached hydrogen (secondary N) is 2. The van der Waals surface area contributed by atoms with E-state index in [4.69, 9.17) is 19.2 Å². The fraction of sp³-hybridized carbons (Fsp3) is 0.490. The molecule has 2 aromatic carbocycles. The standard InChI is InChI=1S/C51H63N7O8/c1-8-43(59)56-23-19-35(29-56)48(61)55(6)46(42-20-24-65-42)47(60)53-40-26-32-13-10-14-33(25-32)34-17-18-41-37(27-34)38(45(57(41)9-2)36-15-11-21-52-44(36)31(3)64-7)28-51(4,5)30-66-50(63)39-16-12-22-58(54-39)49(40)62/h8,10-11,13-15,17-18,21,25,27,31,35,39-40,42,46,54H,1,9,12,16,19-20,22-24,26,28-30H2,2-7H3,(H,53,60)/t31-,35?,39-,40-,42-,46-/m0/s1. The number of benzene rings is 2. The number of likely N-dealkylation sites (tertiary alicyclic amines) is 1. The average Bonchev–Trinajstić information content (AvgIpc) is 3.93. The number of nitrogens with zero attached hydrogens (tertiary/aromatic N) is 5. The molecule has 0 aliphatic carbocycles. The number of methoxy groups -OCH3 is 1. The lowest BCUT2D eigenvalue weighted by molar-refractivity contribution is -0.158. The molecule has 3 saturated heterocycles. The molecule has 4 aromatic rings. The molecule has 15 nitrogen and oxygen atoms in total. The predicted octanol–water partition coefficient (Wildman–Crippen LogP) is 5.40. The monoisotopic (exact) mass is 901 g/mol. The lowest BCUT2D eigenvalue weighted by Crippen LogP contribution is -2.64. The smallest absolute Gasteiger partial charge is 0.324 e. The van der Waals surface area contributed by atoms with E-state index in [1.54, 1.807) is 25.3 Å². The summed E-state index contributed by atoms with van der Waals surface area (Å²) < 4.78 is 20.1. The van der Waals surface area contributed by atoms with Gasteiger partial charge in [0.05, 0.1) is 36.1 Å². The van der Waals surface area contributed by atoms with Gasteiger partial charge >= 0.3 is 5.97 Å². The number of carbonyl (C=O) groups excluding carboxylic acids is 5. The summed E-state index contributed by atoms with van der Waals surface area (Å²) in [5, 5.41) is 5.55. The van der Waals surface area contributed by atoms with Crippen LogP contribution in [0.15, 0.2) is 73.4 Å². The van der Waals surface area contributed by atoms with Crippen molar-refractivity contribution in [3.8, 4) is 22.4 Å². The van der Waals surface area contributed by atoms with Crippen LogP contribution in [0.1, 0.15) is 76.3 Å². The van der Waals surface area contributed by atoms with Crippen molar-refractivity contribution in [3.05, 3.63) is 90.3 Å². The van der Waals surface area contributed by atoms with Gasteiger partial charge in [0.15, 0.2) is 0 Å². The molecule has 4 amide bonds. The van der Waals surface area contributed by atoms with Crippen LogP contribution in [0, 0.1) is 11.3 Å². The summed E-state index contributed by atoms with van der Waals surface area (Å²) in [6.07, 6.45) is 4.93. The summed E-state index contributed by atoms with van der Waals surface area (Å²) >= 11 is 0. The molecular formula is C51H63N7O8. The van der Waals surface area contributed by atoms with Crippen LogP contribution in [0.3, 0.4) is 0 Å². The highest BCUT2D eigenvalue weighted by Gasteiger charge is 2.44. The number of likely N-dealkylation sites (N-methyl/N-ethyl adjacent to an activating group) is 1. The maximum atomic E-state index is 14.7.